The van der Waals surface area contributed by atoms with Crippen LogP contribution in [0.3, 0.4) is 0 Å². The topological polar surface area (TPSA) is 95.6 Å². The number of nitrogens with one attached hydrogen (secondary N) is 2. The summed E-state index contributed by atoms with van der Waals surface area (Å²) in [6, 6.07) is 8.77. The maximum Gasteiger partial charge on any atom is 0.325 e. The number of hydrogen-bond donors (Lipinski definition) is 2. The molecule has 4 rings (SSSR count). The first-order valence-electron chi connectivity index (χ1n) is 9.90. The molecule has 1 aromatic heterocycles. The van der Waals surface area contributed by atoms with Gasteiger partial charge in [0.2, 0.25) is 5.91 Å². The van der Waals surface area contributed by atoms with E-state index in [1.54, 1.807) is 19.1 Å². The molecule has 1 atom stereocenters. The van der Waals surface area contributed by atoms with Gasteiger partial charge in [-0.05, 0) is 55.0 Å². The molecule has 156 valence electrons. The number of thiophene rings is 1. The zero-order valence-corrected chi connectivity index (χ0v) is 17.7. The summed E-state index contributed by atoms with van der Waals surface area (Å²) >= 11 is 1.24. The molecule has 0 unspecified atom stereocenters. The summed E-state index contributed by atoms with van der Waals surface area (Å²) in [7, 11) is 0. The number of carbonyl (C=O) groups is 4. The lowest BCUT2D eigenvalue weighted by atomic mass is 9.89. The van der Waals surface area contributed by atoms with E-state index in [-0.39, 0.29) is 18.2 Å². The van der Waals surface area contributed by atoms with Crippen molar-refractivity contribution >= 4 is 35.0 Å². The Labute approximate surface area is 178 Å². The summed E-state index contributed by atoms with van der Waals surface area (Å²) in [5, 5.41) is 5.45. The standard InChI is InChI=1S/C22H23N3O4S/c1-13(26)23-11-17-8-9-19(30-17)18(27)12-25-20(28)22(2,24-21(25)29)16-7-6-14-4-3-5-15(14)10-16/h6-10H,3-5,11-12H2,1-2H3,(H,23,26)(H,24,29)/t22-/m1/s1. The predicted octanol–water partition coefficient (Wildman–Crippen LogP) is 2.52. The first kappa shape index (κ1) is 20.3. The van der Waals surface area contributed by atoms with Crippen molar-refractivity contribution in [3.8, 4) is 0 Å². The van der Waals surface area contributed by atoms with Gasteiger partial charge in [0.25, 0.3) is 5.91 Å². The minimum Gasteiger partial charge on any atom is -0.351 e. The van der Waals surface area contributed by atoms with Crippen molar-refractivity contribution in [3.05, 3.63) is 56.8 Å². The maximum atomic E-state index is 13.1. The Morgan fingerprint density at radius 3 is 2.70 bits per heavy atom. The van der Waals surface area contributed by atoms with Crippen molar-refractivity contribution in [2.45, 2.75) is 45.2 Å². The molecule has 0 saturated carbocycles. The first-order chi connectivity index (χ1) is 14.3. The summed E-state index contributed by atoms with van der Waals surface area (Å²) in [4.78, 5) is 51.7. The van der Waals surface area contributed by atoms with Gasteiger partial charge in [0.15, 0.2) is 5.78 Å². The van der Waals surface area contributed by atoms with Gasteiger partial charge in [-0.1, -0.05) is 18.2 Å². The van der Waals surface area contributed by atoms with Crippen LogP contribution < -0.4 is 10.6 Å². The lowest BCUT2D eigenvalue weighted by molar-refractivity contribution is -0.130. The average Bonchev–Trinajstić information content (AvgIpc) is 3.41. The third kappa shape index (κ3) is 3.63. The highest BCUT2D eigenvalue weighted by Gasteiger charge is 2.49. The number of carbonyl (C=O) groups excluding carboxylic acids is 4. The largest absolute Gasteiger partial charge is 0.351 e. The number of nitrogens with zero attached hydrogens (tertiary/aromatic N) is 1. The first-order valence-corrected chi connectivity index (χ1v) is 10.7. The molecule has 8 heteroatoms. The smallest absolute Gasteiger partial charge is 0.325 e. The Kier molecular flexibility index (Phi) is 5.19. The minimum absolute atomic E-state index is 0.151. The highest BCUT2D eigenvalue weighted by molar-refractivity contribution is 7.14. The fraction of sp³-hybridized carbons (Fsp3) is 0.364. The van der Waals surface area contributed by atoms with Crippen molar-refractivity contribution in [2.24, 2.45) is 0 Å². The molecular formula is C22H23N3O4S. The zero-order valence-electron chi connectivity index (χ0n) is 16.9. The molecule has 2 aliphatic rings. The van der Waals surface area contributed by atoms with Crippen LogP contribution in [-0.4, -0.2) is 35.1 Å². The number of rotatable bonds is 6. The number of aryl methyl sites for hydroxylation is 2. The van der Waals surface area contributed by atoms with Gasteiger partial charge in [0.1, 0.15) is 5.54 Å². The monoisotopic (exact) mass is 425 g/mol. The third-order valence-electron chi connectivity index (χ3n) is 5.70. The van der Waals surface area contributed by atoms with E-state index in [1.165, 1.54) is 29.4 Å². The zero-order chi connectivity index (χ0) is 21.5. The normalized spacial score (nSPS) is 20.3. The molecule has 0 spiro atoms. The number of urea groups is 1. The van der Waals surface area contributed by atoms with E-state index in [0.29, 0.717) is 11.4 Å². The van der Waals surface area contributed by atoms with Crippen molar-refractivity contribution in [2.75, 3.05) is 6.54 Å². The summed E-state index contributed by atoms with van der Waals surface area (Å²) < 4.78 is 0. The molecule has 1 aliphatic carbocycles. The van der Waals surface area contributed by atoms with E-state index < -0.39 is 17.5 Å². The summed E-state index contributed by atoms with van der Waals surface area (Å²) in [6.45, 7) is 3.14. The number of amides is 4. The van der Waals surface area contributed by atoms with Gasteiger partial charge in [-0.25, -0.2) is 4.79 Å². The molecule has 2 N–H and O–H groups in total. The molecule has 2 heterocycles. The van der Waals surface area contributed by atoms with Crippen molar-refractivity contribution in [1.82, 2.24) is 15.5 Å². The van der Waals surface area contributed by atoms with E-state index in [9.17, 15) is 19.2 Å². The maximum absolute atomic E-state index is 13.1. The summed E-state index contributed by atoms with van der Waals surface area (Å²) in [5.74, 6) is -0.883. The lowest BCUT2D eigenvalue weighted by Crippen LogP contribution is -2.41. The Morgan fingerprint density at radius 1 is 1.17 bits per heavy atom. The van der Waals surface area contributed by atoms with Crippen LogP contribution in [0.4, 0.5) is 4.79 Å². The van der Waals surface area contributed by atoms with Gasteiger partial charge < -0.3 is 10.6 Å². The minimum atomic E-state index is -1.18. The SMILES string of the molecule is CC(=O)NCc1ccc(C(=O)CN2C(=O)N[C@](C)(c3ccc4c(c3)CCC4)C2=O)s1. The Balaban J connectivity index is 1.49. The summed E-state index contributed by atoms with van der Waals surface area (Å²) in [5.41, 5.74) is 2.07. The number of benzene rings is 1. The lowest BCUT2D eigenvalue weighted by Gasteiger charge is -2.23. The Bertz CT molecular complexity index is 1060. The van der Waals surface area contributed by atoms with Crippen molar-refractivity contribution < 1.29 is 19.2 Å². The van der Waals surface area contributed by atoms with Gasteiger partial charge in [0, 0.05) is 11.8 Å². The number of Topliss-reactive ketones (excluding diaryl/α,β-unsaturated/α-hetero) is 1. The molecule has 1 aliphatic heterocycles. The molecular weight excluding hydrogens is 402 g/mol. The molecule has 1 fully saturated rings. The third-order valence-corrected chi connectivity index (χ3v) is 6.83. The highest BCUT2D eigenvalue weighted by atomic mass is 32.1. The summed E-state index contributed by atoms with van der Waals surface area (Å²) in [6.07, 6.45) is 3.11. The van der Waals surface area contributed by atoms with Gasteiger partial charge in [0.05, 0.1) is 18.0 Å². The molecule has 0 radical (unpaired) electrons. The van der Waals surface area contributed by atoms with Crippen LogP contribution in [-0.2, 0) is 34.5 Å². The van der Waals surface area contributed by atoms with E-state index >= 15 is 0 Å². The molecule has 4 amide bonds. The molecule has 30 heavy (non-hydrogen) atoms. The highest BCUT2D eigenvalue weighted by Crippen LogP contribution is 2.32. The quantitative estimate of drug-likeness (QED) is 0.549. The van der Waals surface area contributed by atoms with Gasteiger partial charge in [-0.2, -0.15) is 0 Å². The number of fused-ring (bicyclic) bond motifs is 1. The van der Waals surface area contributed by atoms with Crippen LogP contribution in [0.5, 0.6) is 0 Å². The van der Waals surface area contributed by atoms with Crippen LogP contribution in [0, 0.1) is 0 Å². The number of hydrogen-bond acceptors (Lipinski definition) is 5. The Morgan fingerprint density at radius 2 is 1.93 bits per heavy atom. The van der Waals surface area contributed by atoms with E-state index in [1.807, 2.05) is 18.2 Å². The molecule has 7 nitrogen and oxygen atoms in total. The van der Waals surface area contributed by atoms with Crippen molar-refractivity contribution in [3.63, 3.8) is 0 Å². The van der Waals surface area contributed by atoms with Crippen LogP contribution in [0.15, 0.2) is 30.3 Å². The number of ketones is 1. The van der Waals surface area contributed by atoms with Crippen LogP contribution in [0.1, 0.15) is 51.5 Å². The average molecular weight is 426 g/mol. The second-order valence-corrected chi connectivity index (χ2v) is 9.05. The fourth-order valence-corrected chi connectivity index (χ4v) is 4.85. The van der Waals surface area contributed by atoms with Gasteiger partial charge >= 0.3 is 6.03 Å². The fourth-order valence-electron chi connectivity index (χ4n) is 3.97. The predicted molar refractivity (Wildman–Crippen MR) is 112 cm³/mol. The number of imide groups is 1. The molecule has 1 saturated heterocycles. The second-order valence-electron chi connectivity index (χ2n) is 7.88. The van der Waals surface area contributed by atoms with Crippen LogP contribution >= 0.6 is 11.3 Å². The second kappa shape index (κ2) is 7.68. The van der Waals surface area contributed by atoms with E-state index in [2.05, 4.69) is 10.6 Å². The molecule has 1 aromatic carbocycles. The van der Waals surface area contributed by atoms with Crippen molar-refractivity contribution in [1.29, 1.82) is 0 Å². The Hall–Kier alpha value is -3.00. The van der Waals surface area contributed by atoms with E-state index in [4.69, 9.17) is 0 Å². The molecule has 0 bridgehead atoms. The molecule has 2 aromatic rings. The van der Waals surface area contributed by atoms with Crippen LogP contribution in [0.2, 0.25) is 0 Å². The van der Waals surface area contributed by atoms with Crippen LogP contribution in [0.25, 0.3) is 0 Å². The van der Waals surface area contributed by atoms with Gasteiger partial charge in [-0.15, -0.1) is 11.3 Å². The van der Waals surface area contributed by atoms with E-state index in [0.717, 1.165) is 34.6 Å². The van der Waals surface area contributed by atoms with Gasteiger partial charge in [-0.3, -0.25) is 19.3 Å².